The van der Waals surface area contributed by atoms with Gasteiger partial charge in [0, 0.05) is 16.7 Å². The fourth-order valence-electron chi connectivity index (χ4n) is 2.59. The molecule has 3 rings (SSSR count). The molecule has 3 aromatic rings. The highest BCUT2D eigenvalue weighted by Gasteiger charge is 2.14. The average Bonchev–Trinajstić information content (AvgIpc) is 2.92. The minimum absolute atomic E-state index is 0.318. The van der Waals surface area contributed by atoms with E-state index in [1.807, 2.05) is 18.2 Å². The molecule has 8 heteroatoms. The van der Waals surface area contributed by atoms with E-state index in [-0.39, 0.29) is 0 Å². The van der Waals surface area contributed by atoms with Crippen LogP contribution in [0.1, 0.15) is 16.8 Å². The van der Waals surface area contributed by atoms with Gasteiger partial charge in [-0.2, -0.15) is 5.10 Å². The Bertz CT molecular complexity index is 1040. The molecule has 0 bridgehead atoms. The van der Waals surface area contributed by atoms with Crippen molar-refractivity contribution in [1.29, 1.82) is 0 Å². The van der Waals surface area contributed by atoms with Crippen LogP contribution in [-0.2, 0) is 11.3 Å². The number of rotatable bonds is 5. The van der Waals surface area contributed by atoms with Crippen LogP contribution in [0.5, 0.6) is 0 Å². The highest BCUT2D eigenvalue weighted by atomic mass is 35.5. The van der Waals surface area contributed by atoms with Gasteiger partial charge in [0.25, 0.3) is 0 Å². The monoisotopic (exact) mass is 421 g/mol. The number of anilines is 1. The summed E-state index contributed by atoms with van der Waals surface area (Å²) in [6.07, 6.45) is 2.59. The second kappa shape index (κ2) is 8.54. The number of amides is 1. The minimum atomic E-state index is -0.858. The first-order chi connectivity index (χ1) is 13.4. The summed E-state index contributed by atoms with van der Waals surface area (Å²) in [7, 11) is 0. The van der Waals surface area contributed by atoms with Crippen molar-refractivity contribution in [3.05, 3.63) is 87.2 Å². The smallest absolute Gasteiger partial charge is 0.248 e. The second-order valence-corrected chi connectivity index (χ2v) is 6.72. The maximum absolute atomic E-state index is 13.6. The van der Waals surface area contributed by atoms with E-state index in [9.17, 15) is 13.6 Å². The number of para-hydroxylation sites is 1. The molecule has 4 nitrogen and oxygen atoms in total. The van der Waals surface area contributed by atoms with Crippen molar-refractivity contribution in [1.82, 2.24) is 9.78 Å². The molecule has 0 aliphatic carbocycles. The minimum Gasteiger partial charge on any atom is -0.318 e. The Balaban J connectivity index is 1.78. The Labute approximate surface area is 170 Å². The molecule has 1 N–H and O–H groups in total. The van der Waals surface area contributed by atoms with Crippen molar-refractivity contribution in [2.45, 2.75) is 13.5 Å². The third-order valence-electron chi connectivity index (χ3n) is 4.00. The van der Waals surface area contributed by atoms with Crippen molar-refractivity contribution in [2.75, 3.05) is 5.32 Å². The van der Waals surface area contributed by atoms with Crippen LogP contribution in [0.4, 0.5) is 14.5 Å². The molecule has 0 atom stereocenters. The van der Waals surface area contributed by atoms with E-state index in [1.54, 1.807) is 17.7 Å². The van der Waals surface area contributed by atoms with E-state index in [4.69, 9.17) is 23.2 Å². The SMILES string of the molecule is Cc1nn(Cc2ccccc2Cl)c(Cl)c1C=CC(=O)Nc1c(F)cccc1F. The summed E-state index contributed by atoms with van der Waals surface area (Å²) < 4.78 is 28.8. The lowest BCUT2D eigenvalue weighted by Crippen LogP contribution is -2.10. The molecule has 144 valence electrons. The van der Waals surface area contributed by atoms with Crippen LogP contribution in [0.3, 0.4) is 0 Å². The molecule has 1 heterocycles. The first kappa shape index (κ1) is 20.0. The average molecular weight is 422 g/mol. The van der Waals surface area contributed by atoms with E-state index >= 15 is 0 Å². The van der Waals surface area contributed by atoms with Crippen LogP contribution >= 0.6 is 23.2 Å². The molecule has 2 aromatic carbocycles. The maximum Gasteiger partial charge on any atom is 0.248 e. The zero-order valence-electron chi connectivity index (χ0n) is 14.7. The van der Waals surface area contributed by atoms with Gasteiger partial charge < -0.3 is 5.32 Å². The van der Waals surface area contributed by atoms with E-state index in [2.05, 4.69) is 10.4 Å². The molecule has 0 unspecified atom stereocenters. The summed E-state index contributed by atoms with van der Waals surface area (Å²) in [4.78, 5) is 12.0. The summed E-state index contributed by atoms with van der Waals surface area (Å²) >= 11 is 12.5. The molecule has 1 aromatic heterocycles. The van der Waals surface area contributed by atoms with Crippen LogP contribution in [0.2, 0.25) is 10.2 Å². The predicted octanol–water partition coefficient (Wildman–Crippen LogP) is 5.48. The van der Waals surface area contributed by atoms with E-state index in [0.29, 0.717) is 28.0 Å². The summed E-state index contributed by atoms with van der Waals surface area (Å²) in [5.74, 6) is -2.41. The van der Waals surface area contributed by atoms with Crippen molar-refractivity contribution < 1.29 is 13.6 Å². The van der Waals surface area contributed by atoms with E-state index in [1.165, 1.54) is 12.1 Å². The summed E-state index contributed by atoms with van der Waals surface area (Å²) in [6, 6.07) is 10.7. The normalized spacial score (nSPS) is 11.2. The van der Waals surface area contributed by atoms with E-state index in [0.717, 1.165) is 23.8 Å². The Morgan fingerprint density at radius 1 is 1.14 bits per heavy atom. The number of nitrogens with zero attached hydrogens (tertiary/aromatic N) is 2. The van der Waals surface area contributed by atoms with Crippen molar-refractivity contribution >= 4 is 40.9 Å². The van der Waals surface area contributed by atoms with Gasteiger partial charge in [-0.05, 0) is 36.8 Å². The van der Waals surface area contributed by atoms with Gasteiger partial charge in [-0.1, -0.05) is 47.5 Å². The van der Waals surface area contributed by atoms with Gasteiger partial charge >= 0.3 is 0 Å². The van der Waals surface area contributed by atoms with Crippen molar-refractivity contribution in [2.24, 2.45) is 0 Å². The molecule has 0 aliphatic rings. The van der Waals surface area contributed by atoms with Crippen molar-refractivity contribution in [3.63, 3.8) is 0 Å². The molecular formula is C20H15Cl2F2N3O. The topological polar surface area (TPSA) is 46.9 Å². The third-order valence-corrected chi connectivity index (χ3v) is 4.77. The van der Waals surface area contributed by atoms with Gasteiger partial charge in [0.2, 0.25) is 5.91 Å². The largest absolute Gasteiger partial charge is 0.318 e. The van der Waals surface area contributed by atoms with Crippen LogP contribution < -0.4 is 5.32 Å². The highest BCUT2D eigenvalue weighted by Crippen LogP contribution is 2.24. The lowest BCUT2D eigenvalue weighted by molar-refractivity contribution is -0.111. The van der Waals surface area contributed by atoms with Crippen molar-refractivity contribution in [3.8, 4) is 0 Å². The summed E-state index contributed by atoms with van der Waals surface area (Å²) in [5.41, 5.74) is 1.46. The fraction of sp³-hybridized carbons (Fsp3) is 0.100. The Morgan fingerprint density at radius 2 is 1.82 bits per heavy atom. The number of nitrogens with one attached hydrogen (secondary N) is 1. The molecule has 1 amide bonds. The highest BCUT2D eigenvalue weighted by molar-refractivity contribution is 6.32. The Morgan fingerprint density at radius 3 is 2.50 bits per heavy atom. The molecule has 0 aliphatic heterocycles. The van der Waals surface area contributed by atoms with Gasteiger partial charge in [0.1, 0.15) is 22.5 Å². The second-order valence-electron chi connectivity index (χ2n) is 5.96. The Kier molecular flexibility index (Phi) is 6.11. The lowest BCUT2D eigenvalue weighted by atomic mass is 10.2. The third kappa shape index (κ3) is 4.40. The van der Waals surface area contributed by atoms with Gasteiger partial charge in [0.15, 0.2) is 0 Å². The molecular weight excluding hydrogens is 407 g/mol. The van der Waals surface area contributed by atoms with Gasteiger partial charge in [-0.15, -0.1) is 0 Å². The number of benzene rings is 2. The van der Waals surface area contributed by atoms with Gasteiger partial charge in [-0.25, -0.2) is 13.5 Å². The summed E-state index contributed by atoms with van der Waals surface area (Å²) in [6.45, 7) is 2.10. The number of carbonyl (C=O) groups is 1. The molecule has 0 spiro atoms. The number of aromatic nitrogens is 2. The molecule has 0 fully saturated rings. The first-order valence-electron chi connectivity index (χ1n) is 8.26. The van der Waals surface area contributed by atoms with Crippen LogP contribution in [0.15, 0.2) is 48.5 Å². The fourth-order valence-corrected chi connectivity index (χ4v) is 3.08. The van der Waals surface area contributed by atoms with Crippen LogP contribution in [-0.4, -0.2) is 15.7 Å². The quantitative estimate of drug-likeness (QED) is 0.554. The van der Waals surface area contributed by atoms with Gasteiger partial charge in [-0.3, -0.25) is 4.79 Å². The Hall–Kier alpha value is -2.70. The first-order valence-corrected chi connectivity index (χ1v) is 9.02. The number of hydrogen-bond donors (Lipinski definition) is 1. The predicted molar refractivity (Wildman–Crippen MR) is 107 cm³/mol. The number of carbonyl (C=O) groups excluding carboxylic acids is 1. The van der Waals surface area contributed by atoms with Gasteiger partial charge in [0.05, 0.1) is 12.2 Å². The lowest BCUT2D eigenvalue weighted by Gasteiger charge is -2.05. The summed E-state index contributed by atoms with van der Waals surface area (Å²) in [5, 5.41) is 7.45. The number of aryl methyl sites for hydroxylation is 1. The van der Waals surface area contributed by atoms with Crippen LogP contribution in [0.25, 0.3) is 6.08 Å². The van der Waals surface area contributed by atoms with E-state index < -0.39 is 23.2 Å². The van der Waals surface area contributed by atoms with Crippen LogP contribution in [0, 0.1) is 18.6 Å². The number of hydrogen-bond acceptors (Lipinski definition) is 2. The molecule has 28 heavy (non-hydrogen) atoms. The maximum atomic E-state index is 13.6. The number of halogens is 4. The molecule has 0 radical (unpaired) electrons. The molecule has 0 saturated heterocycles. The molecule has 0 saturated carbocycles. The zero-order valence-corrected chi connectivity index (χ0v) is 16.2. The standard InChI is InChI=1S/C20H15Cl2F2N3O/c1-12-14(9-10-18(28)25-19-16(23)7-4-8-17(19)24)20(22)27(26-12)11-13-5-2-3-6-15(13)21/h2-10H,11H2,1H3,(H,25,28). The zero-order chi connectivity index (χ0) is 20.3.